The number of nitrogens with one attached hydrogen (secondary N) is 1. The summed E-state index contributed by atoms with van der Waals surface area (Å²) in [5.41, 5.74) is 2.04. The van der Waals surface area contributed by atoms with E-state index in [-0.39, 0.29) is 6.10 Å². The molecule has 2 rings (SSSR count). The molecule has 3 nitrogen and oxygen atoms in total. The first-order valence-corrected chi connectivity index (χ1v) is 9.29. The number of ether oxygens (including phenoxy) is 2. The zero-order chi connectivity index (χ0) is 18.1. The normalized spacial score (nSPS) is 11.1. The third kappa shape index (κ3) is 7.25. The predicted molar refractivity (Wildman–Crippen MR) is 105 cm³/mol. The molecule has 0 aliphatic rings. The number of halogens is 2. The standard InChI is InChI=1S/C20H25Cl2NO2/c1-15(2)24-11-5-10-23-13-16-6-3-4-7-20(16)25-14-17-8-9-18(21)12-19(17)22/h3-4,6-9,12,15,23H,5,10-11,13-14H2,1-2H3. The molecule has 0 aliphatic carbocycles. The van der Waals surface area contributed by atoms with Crippen LogP contribution in [-0.4, -0.2) is 19.3 Å². The number of benzene rings is 2. The summed E-state index contributed by atoms with van der Waals surface area (Å²) in [6.45, 7) is 6.95. The molecule has 0 spiro atoms. The number of para-hydroxylation sites is 1. The molecule has 2 aromatic rings. The molecule has 0 aliphatic heterocycles. The van der Waals surface area contributed by atoms with E-state index in [9.17, 15) is 0 Å². The number of hydrogen-bond donors (Lipinski definition) is 1. The second-order valence-corrected chi connectivity index (χ2v) is 6.93. The lowest BCUT2D eigenvalue weighted by molar-refractivity contribution is 0.0770. The van der Waals surface area contributed by atoms with Gasteiger partial charge in [0.1, 0.15) is 12.4 Å². The van der Waals surface area contributed by atoms with Gasteiger partial charge in [0, 0.05) is 34.3 Å². The number of rotatable bonds is 10. The summed E-state index contributed by atoms with van der Waals surface area (Å²) in [6, 6.07) is 13.5. The van der Waals surface area contributed by atoms with Crippen molar-refractivity contribution in [1.29, 1.82) is 0 Å². The summed E-state index contributed by atoms with van der Waals surface area (Å²) in [6.07, 6.45) is 1.27. The second kappa shape index (κ2) is 10.7. The predicted octanol–water partition coefficient (Wildman–Crippen LogP) is 5.48. The molecule has 0 amide bonds. The van der Waals surface area contributed by atoms with E-state index < -0.39 is 0 Å². The highest BCUT2D eigenvalue weighted by Crippen LogP contribution is 2.24. The highest BCUT2D eigenvalue weighted by Gasteiger charge is 2.06. The molecule has 0 unspecified atom stereocenters. The van der Waals surface area contributed by atoms with Crippen molar-refractivity contribution in [3.05, 3.63) is 63.6 Å². The van der Waals surface area contributed by atoms with Gasteiger partial charge in [-0.1, -0.05) is 47.5 Å². The van der Waals surface area contributed by atoms with Crippen molar-refractivity contribution < 1.29 is 9.47 Å². The first-order chi connectivity index (χ1) is 12.1. The van der Waals surface area contributed by atoms with Crippen LogP contribution >= 0.6 is 23.2 Å². The van der Waals surface area contributed by atoms with Crippen LogP contribution in [0.25, 0.3) is 0 Å². The SMILES string of the molecule is CC(C)OCCCNCc1ccccc1OCc1ccc(Cl)cc1Cl. The fourth-order valence-corrected chi connectivity index (χ4v) is 2.79. The van der Waals surface area contributed by atoms with Crippen LogP contribution < -0.4 is 10.1 Å². The van der Waals surface area contributed by atoms with Gasteiger partial charge in [-0.05, 0) is 45.0 Å². The summed E-state index contributed by atoms with van der Waals surface area (Å²) >= 11 is 12.1. The van der Waals surface area contributed by atoms with Gasteiger partial charge in [0.25, 0.3) is 0 Å². The molecule has 0 aromatic heterocycles. The Balaban J connectivity index is 1.83. The van der Waals surface area contributed by atoms with Gasteiger partial charge >= 0.3 is 0 Å². The van der Waals surface area contributed by atoms with Crippen LogP contribution in [0.2, 0.25) is 10.0 Å². The topological polar surface area (TPSA) is 30.5 Å². The largest absolute Gasteiger partial charge is 0.489 e. The lowest BCUT2D eigenvalue weighted by Gasteiger charge is -2.13. The fraction of sp³-hybridized carbons (Fsp3) is 0.400. The molecule has 0 heterocycles. The molecular formula is C20H25Cl2NO2. The minimum Gasteiger partial charge on any atom is -0.489 e. The van der Waals surface area contributed by atoms with Gasteiger partial charge in [-0.25, -0.2) is 0 Å². The quantitative estimate of drug-likeness (QED) is 0.552. The maximum absolute atomic E-state index is 6.20. The molecule has 2 aromatic carbocycles. The van der Waals surface area contributed by atoms with E-state index in [2.05, 4.69) is 11.4 Å². The Morgan fingerprint density at radius 3 is 2.60 bits per heavy atom. The highest BCUT2D eigenvalue weighted by molar-refractivity contribution is 6.35. The Morgan fingerprint density at radius 1 is 1.04 bits per heavy atom. The molecule has 25 heavy (non-hydrogen) atoms. The van der Waals surface area contributed by atoms with E-state index in [0.717, 1.165) is 43.0 Å². The van der Waals surface area contributed by atoms with E-state index in [4.69, 9.17) is 32.7 Å². The van der Waals surface area contributed by atoms with Crippen molar-refractivity contribution >= 4 is 23.2 Å². The Labute approximate surface area is 160 Å². The van der Waals surface area contributed by atoms with Crippen LogP contribution in [0, 0.1) is 0 Å². The monoisotopic (exact) mass is 381 g/mol. The van der Waals surface area contributed by atoms with Crippen molar-refractivity contribution in [3.8, 4) is 5.75 Å². The molecule has 0 fully saturated rings. The highest BCUT2D eigenvalue weighted by atomic mass is 35.5. The Bertz CT molecular complexity index is 662. The first kappa shape index (κ1) is 20.1. The fourth-order valence-electron chi connectivity index (χ4n) is 2.32. The van der Waals surface area contributed by atoms with Crippen LogP contribution in [0.4, 0.5) is 0 Å². The molecular weight excluding hydrogens is 357 g/mol. The summed E-state index contributed by atoms with van der Waals surface area (Å²) in [4.78, 5) is 0. The van der Waals surface area contributed by atoms with Crippen LogP contribution in [-0.2, 0) is 17.9 Å². The minimum absolute atomic E-state index is 0.286. The lowest BCUT2D eigenvalue weighted by Crippen LogP contribution is -2.18. The van der Waals surface area contributed by atoms with Gasteiger partial charge in [0.2, 0.25) is 0 Å². The van der Waals surface area contributed by atoms with E-state index in [1.807, 2.05) is 44.2 Å². The van der Waals surface area contributed by atoms with Gasteiger partial charge < -0.3 is 14.8 Å². The van der Waals surface area contributed by atoms with Gasteiger partial charge in [-0.3, -0.25) is 0 Å². The smallest absolute Gasteiger partial charge is 0.124 e. The molecule has 0 bridgehead atoms. The van der Waals surface area contributed by atoms with E-state index in [1.54, 1.807) is 6.07 Å². The van der Waals surface area contributed by atoms with Gasteiger partial charge in [-0.2, -0.15) is 0 Å². The summed E-state index contributed by atoms with van der Waals surface area (Å²) in [7, 11) is 0. The average Bonchev–Trinajstić information content (AvgIpc) is 2.58. The Morgan fingerprint density at radius 2 is 1.84 bits per heavy atom. The molecule has 1 N–H and O–H groups in total. The van der Waals surface area contributed by atoms with Gasteiger partial charge in [0.15, 0.2) is 0 Å². The van der Waals surface area contributed by atoms with Crippen LogP contribution in [0.5, 0.6) is 5.75 Å². The van der Waals surface area contributed by atoms with E-state index in [0.29, 0.717) is 16.7 Å². The minimum atomic E-state index is 0.286. The zero-order valence-electron chi connectivity index (χ0n) is 14.7. The van der Waals surface area contributed by atoms with Gasteiger partial charge in [-0.15, -0.1) is 0 Å². The Kier molecular flexibility index (Phi) is 8.56. The van der Waals surface area contributed by atoms with Gasteiger partial charge in [0.05, 0.1) is 6.10 Å². The van der Waals surface area contributed by atoms with Crippen molar-refractivity contribution in [3.63, 3.8) is 0 Å². The zero-order valence-corrected chi connectivity index (χ0v) is 16.2. The molecule has 0 saturated heterocycles. The summed E-state index contributed by atoms with van der Waals surface area (Å²) < 4.78 is 11.5. The van der Waals surface area contributed by atoms with Crippen molar-refractivity contribution in [2.24, 2.45) is 0 Å². The molecule has 0 saturated carbocycles. The molecule has 5 heteroatoms. The van der Waals surface area contributed by atoms with Crippen LogP contribution in [0.15, 0.2) is 42.5 Å². The van der Waals surface area contributed by atoms with E-state index >= 15 is 0 Å². The van der Waals surface area contributed by atoms with Crippen LogP contribution in [0.1, 0.15) is 31.4 Å². The molecule has 136 valence electrons. The van der Waals surface area contributed by atoms with E-state index in [1.165, 1.54) is 0 Å². The molecule has 0 atom stereocenters. The Hall–Kier alpha value is -1.26. The average molecular weight is 382 g/mol. The van der Waals surface area contributed by atoms with Crippen molar-refractivity contribution in [1.82, 2.24) is 5.32 Å². The van der Waals surface area contributed by atoms with Crippen molar-refractivity contribution in [2.45, 2.75) is 39.5 Å². The van der Waals surface area contributed by atoms with Crippen molar-refractivity contribution in [2.75, 3.05) is 13.2 Å². The third-order valence-electron chi connectivity index (χ3n) is 3.64. The lowest BCUT2D eigenvalue weighted by atomic mass is 10.2. The second-order valence-electron chi connectivity index (χ2n) is 6.08. The maximum Gasteiger partial charge on any atom is 0.124 e. The summed E-state index contributed by atoms with van der Waals surface area (Å²) in [5, 5.41) is 4.67. The first-order valence-electron chi connectivity index (χ1n) is 8.53. The summed E-state index contributed by atoms with van der Waals surface area (Å²) in [5.74, 6) is 0.861. The third-order valence-corrected chi connectivity index (χ3v) is 4.22. The maximum atomic E-state index is 6.20. The molecule has 0 radical (unpaired) electrons. The number of hydrogen-bond acceptors (Lipinski definition) is 3. The van der Waals surface area contributed by atoms with Crippen LogP contribution in [0.3, 0.4) is 0 Å².